The van der Waals surface area contributed by atoms with Crippen molar-refractivity contribution in [1.82, 2.24) is 0 Å². The lowest BCUT2D eigenvalue weighted by atomic mass is 10.1. The summed E-state index contributed by atoms with van der Waals surface area (Å²) in [6.07, 6.45) is 6.68. The van der Waals surface area contributed by atoms with Crippen molar-refractivity contribution in [1.29, 1.82) is 0 Å². The molecule has 0 aromatic carbocycles. The zero-order chi connectivity index (χ0) is 12.2. The molecule has 0 radical (unpaired) electrons. The largest absolute Gasteiger partial charge is 0.466 e. The van der Waals surface area contributed by atoms with E-state index in [1.165, 1.54) is 25.7 Å². The summed E-state index contributed by atoms with van der Waals surface area (Å²) in [7, 11) is 0. The van der Waals surface area contributed by atoms with Gasteiger partial charge in [-0.3, -0.25) is 4.79 Å². The molecule has 0 aliphatic rings. The number of carbonyl (C=O) groups excluding carboxylic acids is 1. The third-order valence-corrected chi connectivity index (χ3v) is 3.36. The highest BCUT2D eigenvalue weighted by atomic mass is 127. The van der Waals surface area contributed by atoms with E-state index >= 15 is 0 Å². The van der Waals surface area contributed by atoms with Gasteiger partial charge < -0.3 is 9.84 Å². The van der Waals surface area contributed by atoms with Gasteiger partial charge in [-0.2, -0.15) is 0 Å². The smallest absolute Gasteiger partial charge is 0.308 e. The van der Waals surface area contributed by atoms with Crippen LogP contribution in [0.2, 0.25) is 0 Å². The van der Waals surface area contributed by atoms with Crippen molar-refractivity contribution in [2.75, 3.05) is 11.0 Å². The molecule has 0 rings (SSSR count). The van der Waals surface area contributed by atoms with Gasteiger partial charge in [0, 0.05) is 4.43 Å². The van der Waals surface area contributed by atoms with Crippen molar-refractivity contribution in [3.8, 4) is 0 Å². The number of alkyl halides is 1. The second kappa shape index (κ2) is 11.6. The molecule has 0 aromatic rings. The first-order valence-electron chi connectivity index (χ1n) is 6.10. The van der Waals surface area contributed by atoms with Gasteiger partial charge in [0.15, 0.2) is 0 Å². The van der Waals surface area contributed by atoms with Crippen molar-refractivity contribution in [2.24, 2.45) is 0 Å². The molecule has 0 heterocycles. The molecule has 1 N–H and O–H groups in total. The Labute approximate surface area is 112 Å². The zero-order valence-electron chi connectivity index (χ0n) is 10.1. The first kappa shape index (κ1) is 16.2. The fourth-order valence-corrected chi connectivity index (χ4v) is 1.69. The average molecular weight is 342 g/mol. The van der Waals surface area contributed by atoms with Crippen LogP contribution in [0.4, 0.5) is 0 Å². The topological polar surface area (TPSA) is 46.5 Å². The lowest BCUT2D eigenvalue weighted by Gasteiger charge is -2.07. The van der Waals surface area contributed by atoms with E-state index < -0.39 is 6.10 Å². The van der Waals surface area contributed by atoms with E-state index in [1.54, 1.807) is 0 Å². The number of ether oxygens (including phenoxy) is 1. The van der Waals surface area contributed by atoms with Crippen molar-refractivity contribution >= 4 is 28.6 Å². The summed E-state index contributed by atoms with van der Waals surface area (Å²) in [5.41, 5.74) is 0. The number of unbranched alkanes of at least 4 members (excludes halogenated alkanes) is 5. The van der Waals surface area contributed by atoms with Crippen LogP contribution in [0, 0.1) is 0 Å². The van der Waals surface area contributed by atoms with Gasteiger partial charge in [-0.25, -0.2) is 0 Å². The van der Waals surface area contributed by atoms with Crippen LogP contribution in [0.15, 0.2) is 0 Å². The number of hydrogen-bond acceptors (Lipinski definition) is 3. The van der Waals surface area contributed by atoms with Crippen molar-refractivity contribution in [3.63, 3.8) is 0 Å². The van der Waals surface area contributed by atoms with Crippen molar-refractivity contribution in [3.05, 3.63) is 0 Å². The summed E-state index contributed by atoms with van der Waals surface area (Å²) in [5.74, 6) is -0.280. The Morgan fingerprint density at radius 1 is 1.25 bits per heavy atom. The van der Waals surface area contributed by atoms with Gasteiger partial charge in [-0.15, -0.1) is 0 Å². The normalized spacial score (nSPS) is 12.4. The molecule has 0 aliphatic heterocycles. The standard InChI is InChI=1S/C12H23IO3/c1-2-3-4-5-6-7-8-16-12(15)9-11(14)10-13/h11,14H,2-10H2,1H3/t11-/m1/s1. The molecule has 4 heteroatoms. The second-order valence-electron chi connectivity index (χ2n) is 4.00. The lowest BCUT2D eigenvalue weighted by molar-refractivity contribution is -0.145. The van der Waals surface area contributed by atoms with Crippen LogP contribution in [0.3, 0.4) is 0 Å². The Morgan fingerprint density at radius 2 is 1.88 bits per heavy atom. The number of halogens is 1. The Balaban J connectivity index is 3.21. The summed E-state index contributed by atoms with van der Waals surface area (Å²) < 4.78 is 5.59. The van der Waals surface area contributed by atoms with Crippen LogP contribution >= 0.6 is 22.6 Å². The quantitative estimate of drug-likeness (QED) is 0.287. The van der Waals surface area contributed by atoms with Gasteiger partial charge in [-0.1, -0.05) is 61.6 Å². The number of aliphatic hydroxyl groups excluding tert-OH is 1. The molecule has 0 amide bonds. The second-order valence-corrected chi connectivity index (χ2v) is 4.88. The van der Waals surface area contributed by atoms with Crippen LogP contribution in [-0.4, -0.2) is 28.2 Å². The summed E-state index contributed by atoms with van der Waals surface area (Å²) in [6.45, 7) is 2.69. The average Bonchev–Trinajstić information content (AvgIpc) is 2.27. The molecular formula is C12H23IO3. The summed E-state index contributed by atoms with van der Waals surface area (Å²) in [5, 5.41) is 9.22. The molecule has 1 atom stereocenters. The molecule has 3 nitrogen and oxygen atoms in total. The highest BCUT2D eigenvalue weighted by Crippen LogP contribution is 2.05. The maximum Gasteiger partial charge on any atom is 0.308 e. The first-order valence-corrected chi connectivity index (χ1v) is 7.63. The molecule has 96 valence electrons. The Kier molecular flexibility index (Phi) is 11.8. The number of hydrogen-bond donors (Lipinski definition) is 1. The molecule has 0 saturated carbocycles. The minimum atomic E-state index is -0.558. The van der Waals surface area contributed by atoms with Gasteiger partial charge in [-0.05, 0) is 6.42 Å². The highest BCUT2D eigenvalue weighted by Gasteiger charge is 2.09. The molecule has 0 spiro atoms. The third-order valence-electron chi connectivity index (χ3n) is 2.34. The van der Waals surface area contributed by atoms with Crippen molar-refractivity contribution in [2.45, 2.75) is 58.0 Å². The van der Waals surface area contributed by atoms with Crippen LogP contribution < -0.4 is 0 Å². The molecule has 0 aromatic heterocycles. The highest BCUT2D eigenvalue weighted by molar-refractivity contribution is 14.1. The Hall–Kier alpha value is 0.160. The fraction of sp³-hybridized carbons (Fsp3) is 0.917. The van der Waals surface area contributed by atoms with E-state index in [2.05, 4.69) is 29.5 Å². The summed E-state index contributed by atoms with van der Waals surface area (Å²) in [6, 6.07) is 0. The molecular weight excluding hydrogens is 319 g/mol. The van der Waals surface area contributed by atoms with Gasteiger partial charge >= 0.3 is 5.97 Å². The third kappa shape index (κ3) is 10.7. The van der Waals surface area contributed by atoms with Gasteiger partial charge in [0.2, 0.25) is 0 Å². The van der Waals surface area contributed by atoms with Crippen molar-refractivity contribution < 1.29 is 14.6 Å². The maximum absolute atomic E-state index is 11.2. The SMILES string of the molecule is CCCCCCCCOC(=O)C[C@@H](O)CI. The van der Waals surface area contributed by atoms with E-state index in [4.69, 9.17) is 4.74 Å². The molecule has 16 heavy (non-hydrogen) atoms. The molecule has 0 saturated heterocycles. The van der Waals surface area contributed by atoms with E-state index in [0.29, 0.717) is 11.0 Å². The minimum absolute atomic E-state index is 0.124. The lowest BCUT2D eigenvalue weighted by Crippen LogP contribution is -2.17. The van der Waals surface area contributed by atoms with Crippen LogP contribution in [0.1, 0.15) is 51.9 Å². The number of esters is 1. The molecule has 0 fully saturated rings. The first-order chi connectivity index (χ1) is 7.70. The van der Waals surface area contributed by atoms with E-state index in [9.17, 15) is 9.90 Å². The van der Waals surface area contributed by atoms with E-state index in [0.717, 1.165) is 12.8 Å². The number of carbonyl (C=O) groups is 1. The summed E-state index contributed by atoms with van der Waals surface area (Å²) >= 11 is 2.05. The Morgan fingerprint density at radius 3 is 2.50 bits per heavy atom. The molecule has 0 bridgehead atoms. The van der Waals surface area contributed by atoms with Gasteiger partial charge in [0.05, 0.1) is 19.1 Å². The van der Waals surface area contributed by atoms with E-state index in [1.807, 2.05) is 0 Å². The van der Waals surface area contributed by atoms with Gasteiger partial charge in [0.1, 0.15) is 0 Å². The monoisotopic (exact) mass is 342 g/mol. The Bertz CT molecular complexity index is 174. The van der Waals surface area contributed by atoms with Gasteiger partial charge in [0.25, 0.3) is 0 Å². The fourth-order valence-electron chi connectivity index (χ4n) is 1.37. The number of rotatable bonds is 10. The predicted octanol–water partition coefficient (Wildman–Crippen LogP) is 3.08. The summed E-state index contributed by atoms with van der Waals surface area (Å²) in [4.78, 5) is 11.2. The number of aliphatic hydroxyl groups is 1. The maximum atomic E-state index is 11.2. The predicted molar refractivity (Wildman–Crippen MR) is 73.8 cm³/mol. The molecule has 0 aliphatic carbocycles. The molecule has 0 unspecified atom stereocenters. The minimum Gasteiger partial charge on any atom is -0.466 e. The van der Waals surface area contributed by atoms with Crippen LogP contribution in [0.5, 0.6) is 0 Å². The van der Waals surface area contributed by atoms with Crippen LogP contribution in [0.25, 0.3) is 0 Å². The van der Waals surface area contributed by atoms with Crippen LogP contribution in [-0.2, 0) is 9.53 Å². The zero-order valence-corrected chi connectivity index (χ0v) is 12.2. The van der Waals surface area contributed by atoms with E-state index in [-0.39, 0.29) is 12.4 Å².